The summed E-state index contributed by atoms with van der Waals surface area (Å²) in [5.41, 5.74) is 1.11. The van der Waals surface area contributed by atoms with E-state index in [4.69, 9.17) is 0 Å². The Morgan fingerprint density at radius 3 is 2.20 bits per heavy atom. The number of nitrogens with zero attached hydrogens (tertiary/aromatic N) is 3. The summed E-state index contributed by atoms with van der Waals surface area (Å²) in [6.07, 6.45) is 6.47. The Hall–Kier alpha value is -1.72. The fourth-order valence-corrected chi connectivity index (χ4v) is 4.51. The number of hydrogen-bond donors (Lipinski definition) is 0. The van der Waals surface area contributed by atoms with Crippen LogP contribution >= 0.6 is 0 Å². The van der Waals surface area contributed by atoms with Crippen molar-refractivity contribution in [2.75, 3.05) is 39.3 Å². The van der Waals surface area contributed by atoms with E-state index in [1.54, 1.807) is 12.1 Å². The highest BCUT2D eigenvalue weighted by molar-refractivity contribution is 6.21. The minimum atomic E-state index is -0.132. The zero-order chi connectivity index (χ0) is 17.2. The third kappa shape index (κ3) is 3.35. The minimum Gasteiger partial charge on any atom is -0.302 e. The number of hydrogen-bond acceptors (Lipinski definition) is 4. The topological polar surface area (TPSA) is 43.9 Å². The molecule has 25 heavy (non-hydrogen) atoms. The maximum absolute atomic E-state index is 12.5. The van der Waals surface area contributed by atoms with Crippen LogP contribution in [0.15, 0.2) is 24.3 Å². The van der Waals surface area contributed by atoms with E-state index >= 15 is 0 Å². The number of carbonyl (C=O) groups is 2. The summed E-state index contributed by atoms with van der Waals surface area (Å²) in [6, 6.07) is 7.73. The van der Waals surface area contributed by atoms with Crippen LogP contribution in [0.1, 0.15) is 52.8 Å². The fourth-order valence-electron chi connectivity index (χ4n) is 4.51. The molecule has 5 heteroatoms. The molecule has 1 unspecified atom stereocenters. The number of piperidine rings is 1. The lowest BCUT2D eigenvalue weighted by atomic mass is 10.1. The van der Waals surface area contributed by atoms with E-state index in [2.05, 4.69) is 9.80 Å². The lowest BCUT2D eigenvalue weighted by Crippen LogP contribution is -2.45. The van der Waals surface area contributed by atoms with E-state index in [0.29, 0.717) is 23.7 Å². The lowest BCUT2D eigenvalue weighted by molar-refractivity contribution is 0.0626. The predicted octanol–water partition coefficient (Wildman–Crippen LogP) is 2.23. The molecule has 0 N–H and O–H groups in total. The standard InChI is InChI=1S/C20H27N3O2/c24-19-17-8-2-3-9-18(17)20(25)23(19)14-13-22-12-6-7-16(22)15-21-10-4-1-5-11-21/h2-3,8-9,16H,1,4-7,10-15H2. The van der Waals surface area contributed by atoms with Crippen LogP contribution in [-0.4, -0.2) is 71.8 Å². The van der Waals surface area contributed by atoms with Gasteiger partial charge in [-0.2, -0.15) is 0 Å². The largest absolute Gasteiger partial charge is 0.302 e. The zero-order valence-electron chi connectivity index (χ0n) is 14.8. The van der Waals surface area contributed by atoms with Gasteiger partial charge in [0.2, 0.25) is 0 Å². The molecule has 0 saturated carbocycles. The second-order valence-electron chi connectivity index (χ2n) is 7.50. The third-order valence-electron chi connectivity index (χ3n) is 5.91. The van der Waals surface area contributed by atoms with Crippen molar-refractivity contribution in [3.63, 3.8) is 0 Å². The Kier molecular flexibility index (Phi) is 4.86. The van der Waals surface area contributed by atoms with Crippen molar-refractivity contribution in [3.8, 4) is 0 Å². The average molecular weight is 341 g/mol. The van der Waals surface area contributed by atoms with Gasteiger partial charge in [0.1, 0.15) is 0 Å². The molecule has 3 heterocycles. The molecule has 1 atom stereocenters. The first-order valence-electron chi connectivity index (χ1n) is 9.65. The van der Waals surface area contributed by atoms with Crippen molar-refractivity contribution in [3.05, 3.63) is 35.4 Å². The maximum atomic E-state index is 12.5. The van der Waals surface area contributed by atoms with Gasteiger partial charge in [-0.1, -0.05) is 18.6 Å². The van der Waals surface area contributed by atoms with Gasteiger partial charge in [0.15, 0.2) is 0 Å². The number of benzene rings is 1. The van der Waals surface area contributed by atoms with Crippen molar-refractivity contribution in [1.82, 2.24) is 14.7 Å². The quantitative estimate of drug-likeness (QED) is 0.771. The molecule has 4 rings (SSSR count). The number of fused-ring (bicyclic) bond motifs is 1. The van der Waals surface area contributed by atoms with Crippen molar-refractivity contribution < 1.29 is 9.59 Å². The van der Waals surface area contributed by atoms with Crippen molar-refractivity contribution in [2.24, 2.45) is 0 Å². The van der Waals surface area contributed by atoms with Gasteiger partial charge in [-0.25, -0.2) is 0 Å². The summed E-state index contributed by atoms with van der Waals surface area (Å²) >= 11 is 0. The van der Waals surface area contributed by atoms with Crippen LogP contribution in [0, 0.1) is 0 Å². The van der Waals surface area contributed by atoms with E-state index in [1.807, 2.05) is 12.1 Å². The molecular weight excluding hydrogens is 314 g/mol. The normalized spacial score (nSPS) is 25.0. The number of rotatable bonds is 5. The number of carbonyl (C=O) groups excluding carboxylic acids is 2. The second kappa shape index (κ2) is 7.26. The van der Waals surface area contributed by atoms with Crippen molar-refractivity contribution >= 4 is 11.8 Å². The van der Waals surface area contributed by atoms with Crippen LogP contribution < -0.4 is 0 Å². The van der Waals surface area contributed by atoms with Gasteiger partial charge >= 0.3 is 0 Å². The lowest BCUT2D eigenvalue weighted by Gasteiger charge is -2.33. The first-order chi connectivity index (χ1) is 12.2. The molecule has 1 aromatic rings. The summed E-state index contributed by atoms with van der Waals surface area (Å²) in [6.45, 7) is 5.97. The Labute approximate surface area is 149 Å². The highest BCUT2D eigenvalue weighted by Gasteiger charge is 2.36. The minimum absolute atomic E-state index is 0.132. The summed E-state index contributed by atoms with van der Waals surface area (Å²) in [7, 11) is 0. The highest BCUT2D eigenvalue weighted by Crippen LogP contribution is 2.24. The molecule has 5 nitrogen and oxygen atoms in total. The van der Waals surface area contributed by atoms with E-state index in [9.17, 15) is 9.59 Å². The molecule has 3 aliphatic heterocycles. The fraction of sp³-hybridized carbons (Fsp3) is 0.600. The van der Waals surface area contributed by atoms with Gasteiger partial charge in [0, 0.05) is 25.7 Å². The van der Waals surface area contributed by atoms with Gasteiger partial charge in [-0.15, -0.1) is 0 Å². The van der Waals surface area contributed by atoms with Gasteiger partial charge in [0.25, 0.3) is 11.8 Å². The number of amides is 2. The average Bonchev–Trinajstić information content (AvgIpc) is 3.18. The molecule has 1 aromatic carbocycles. The van der Waals surface area contributed by atoms with Gasteiger partial charge in [0.05, 0.1) is 11.1 Å². The van der Waals surface area contributed by atoms with Crippen LogP contribution in [0.3, 0.4) is 0 Å². The van der Waals surface area contributed by atoms with E-state index in [0.717, 1.165) is 19.6 Å². The summed E-state index contributed by atoms with van der Waals surface area (Å²) in [4.78, 5) is 31.5. The first-order valence-corrected chi connectivity index (χ1v) is 9.65. The Morgan fingerprint density at radius 2 is 1.52 bits per heavy atom. The van der Waals surface area contributed by atoms with Crippen LogP contribution in [0.5, 0.6) is 0 Å². The molecular formula is C20H27N3O2. The van der Waals surface area contributed by atoms with Crippen LogP contribution in [0.25, 0.3) is 0 Å². The Morgan fingerprint density at radius 1 is 0.840 bits per heavy atom. The van der Waals surface area contributed by atoms with Crippen LogP contribution in [-0.2, 0) is 0 Å². The van der Waals surface area contributed by atoms with Crippen molar-refractivity contribution in [1.29, 1.82) is 0 Å². The van der Waals surface area contributed by atoms with Gasteiger partial charge in [-0.05, 0) is 57.5 Å². The molecule has 0 aliphatic carbocycles. The van der Waals surface area contributed by atoms with E-state index in [-0.39, 0.29) is 11.8 Å². The monoisotopic (exact) mass is 341 g/mol. The van der Waals surface area contributed by atoms with Gasteiger partial charge < -0.3 is 4.90 Å². The first kappa shape index (κ1) is 16.7. The molecule has 2 amide bonds. The molecule has 0 bridgehead atoms. The number of likely N-dealkylation sites (tertiary alicyclic amines) is 2. The second-order valence-corrected chi connectivity index (χ2v) is 7.50. The Bertz CT molecular complexity index is 619. The molecule has 3 aliphatic rings. The summed E-state index contributed by atoms with van der Waals surface area (Å²) in [5, 5.41) is 0. The molecule has 2 fully saturated rings. The molecule has 0 aromatic heterocycles. The Balaban J connectivity index is 1.35. The third-order valence-corrected chi connectivity index (χ3v) is 5.91. The SMILES string of the molecule is O=C1c2ccccc2C(=O)N1CCN1CCCC1CN1CCCCC1. The predicted molar refractivity (Wildman–Crippen MR) is 96.7 cm³/mol. The smallest absolute Gasteiger partial charge is 0.261 e. The molecule has 0 spiro atoms. The zero-order valence-corrected chi connectivity index (χ0v) is 14.8. The molecule has 2 saturated heterocycles. The van der Waals surface area contributed by atoms with Gasteiger partial charge in [-0.3, -0.25) is 19.4 Å². The summed E-state index contributed by atoms with van der Waals surface area (Å²) < 4.78 is 0. The van der Waals surface area contributed by atoms with E-state index < -0.39 is 0 Å². The van der Waals surface area contributed by atoms with Crippen molar-refractivity contribution in [2.45, 2.75) is 38.1 Å². The molecule has 0 radical (unpaired) electrons. The summed E-state index contributed by atoms with van der Waals surface area (Å²) in [5.74, 6) is -0.264. The maximum Gasteiger partial charge on any atom is 0.261 e. The molecule has 134 valence electrons. The van der Waals surface area contributed by atoms with Crippen LogP contribution in [0.2, 0.25) is 0 Å². The highest BCUT2D eigenvalue weighted by atomic mass is 16.2. The van der Waals surface area contributed by atoms with E-state index in [1.165, 1.54) is 50.1 Å². The van der Waals surface area contributed by atoms with Crippen LogP contribution in [0.4, 0.5) is 0 Å². The number of imide groups is 1.